The van der Waals surface area contributed by atoms with Crippen molar-refractivity contribution in [2.45, 2.75) is 43.7 Å². The predicted octanol–water partition coefficient (Wildman–Crippen LogP) is 2.72. The molecule has 1 N–H and O–H groups in total. The van der Waals surface area contributed by atoms with Crippen molar-refractivity contribution < 1.29 is 9.53 Å². The van der Waals surface area contributed by atoms with Crippen LogP contribution in [0.3, 0.4) is 0 Å². The van der Waals surface area contributed by atoms with Gasteiger partial charge in [-0.05, 0) is 18.4 Å². The van der Waals surface area contributed by atoms with Gasteiger partial charge in [-0.2, -0.15) is 5.26 Å². The van der Waals surface area contributed by atoms with Gasteiger partial charge in [-0.3, -0.25) is 4.79 Å². The maximum absolute atomic E-state index is 12.4. The van der Waals surface area contributed by atoms with Gasteiger partial charge < -0.3 is 10.1 Å². The van der Waals surface area contributed by atoms with E-state index < -0.39 is 11.6 Å². The molecule has 4 nitrogen and oxygen atoms in total. The van der Waals surface area contributed by atoms with Crippen LogP contribution in [0.25, 0.3) is 0 Å². The minimum Gasteiger partial charge on any atom is -0.367 e. The summed E-state index contributed by atoms with van der Waals surface area (Å²) in [4.78, 5) is 12.4. The summed E-state index contributed by atoms with van der Waals surface area (Å²) in [7, 11) is 1.51. The fourth-order valence-electron chi connectivity index (χ4n) is 2.74. The number of amides is 1. The van der Waals surface area contributed by atoms with Crippen molar-refractivity contribution in [3.05, 3.63) is 35.9 Å². The van der Waals surface area contributed by atoms with Gasteiger partial charge in [0.1, 0.15) is 5.54 Å². The zero-order chi connectivity index (χ0) is 14.4. The van der Waals surface area contributed by atoms with Crippen molar-refractivity contribution in [1.29, 1.82) is 5.26 Å². The van der Waals surface area contributed by atoms with Crippen molar-refractivity contribution >= 4 is 5.91 Å². The molecule has 0 bridgehead atoms. The number of nitrogens with zero attached hydrogens (tertiary/aromatic N) is 1. The van der Waals surface area contributed by atoms with Gasteiger partial charge in [0, 0.05) is 7.11 Å². The molecule has 1 aromatic carbocycles. The van der Waals surface area contributed by atoms with Gasteiger partial charge >= 0.3 is 0 Å². The van der Waals surface area contributed by atoms with E-state index >= 15 is 0 Å². The third kappa shape index (κ3) is 3.17. The second-order valence-corrected chi connectivity index (χ2v) is 5.27. The highest BCUT2D eigenvalue weighted by Crippen LogP contribution is 2.28. The summed E-state index contributed by atoms with van der Waals surface area (Å²) < 4.78 is 5.31. The SMILES string of the molecule is COC(C(=O)NC1(C#N)CCCCC1)c1ccccc1. The number of nitrogens with one attached hydrogen (secondary N) is 1. The number of benzene rings is 1. The molecule has 0 heterocycles. The molecule has 0 spiro atoms. The predicted molar refractivity (Wildman–Crippen MR) is 75.8 cm³/mol. The molecule has 1 aromatic rings. The molecule has 2 rings (SSSR count). The van der Waals surface area contributed by atoms with Crippen LogP contribution in [0.15, 0.2) is 30.3 Å². The Labute approximate surface area is 119 Å². The molecule has 0 aromatic heterocycles. The van der Waals surface area contributed by atoms with Crippen LogP contribution in [0.1, 0.15) is 43.8 Å². The highest BCUT2D eigenvalue weighted by molar-refractivity contribution is 5.83. The van der Waals surface area contributed by atoms with Crippen LogP contribution in [0.2, 0.25) is 0 Å². The van der Waals surface area contributed by atoms with Gasteiger partial charge in [0.25, 0.3) is 5.91 Å². The molecule has 1 amide bonds. The topological polar surface area (TPSA) is 62.1 Å². The van der Waals surface area contributed by atoms with Gasteiger partial charge in [-0.1, -0.05) is 49.6 Å². The highest BCUT2D eigenvalue weighted by atomic mass is 16.5. The zero-order valence-electron chi connectivity index (χ0n) is 11.8. The maximum Gasteiger partial charge on any atom is 0.254 e. The van der Waals surface area contributed by atoms with Crippen LogP contribution in [0, 0.1) is 11.3 Å². The first-order valence-corrected chi connectivity index (χ1v) is 7.02. The van der Waals surface area contributed by atoms with E-state index in [0.717, 1.165) is 37.7 Å². The molecule has 1 atom stereocenters. The van der Waals surface area contributed by atoms with E-state index in [1.54, 1.807) is 0 Å². The molecule has 1 aliphatic rings. The van der Waals surface area contributed by atoms with Crippen LogP contribution in [0.5, 0.6) is 0 Å². The zero-order valence-corrected chi connectivity index (χ0v) is 11.8. The molecule has 1 saturated carbocycles. The van der Waals surface area contributed by atoms with Crippen molar-refractivity contribution in [3.63, 3.8) is 0 Å². The van der Waals surface area contributed by atoms with Gasteiger partial charge in [0.15, 0.2) is 6.10 Å². The van der Waals surface area contributed by atoms with Crippen molar-refractivity contribution in [2.75, 3.05) is 7.11 Å². The molecule has 0 saturated heterocycles. The number of hydrogen-bond donors (Lipinski definition) is 1. The summed E-state index contributed by atoms with van der Waals surface area (Å²) >= 11 is 0. The second-order valence-electron chi connectivity index (χ2n) is 5.27. The summed E-state index contributed by atoms with van der Waals surface area (Å²) in [5.74, 6) is -0.234. The quantitative estimate of drug-likeness (QED) is 0.916. The van der Waals surface area contributed by atoms with Gasteiger partial charge in [-0.25, -0.2) is 0 Å². The van der Waals surface area contributed by atoms with Crippen molar-refractivity contribution in [1.82, 2.24) is 5.32 Å². The monoisotopic (exact) mass is 272 g/mol. The standard InChI is InChI=1S/C16H20N2O2/c1-20-14(13-8-4-2-5-9-13)15(19)18-16(12-17)10-6-3-7-11-16/h2,4-5,8-9,14H,3,6-7,10-11H2,1H3,(H,18,19). The summed E-state index contributed by atoms with van der Waals surface area (Å²) in [6, 6.07) is 11.6. The molecule has 0 aliphatic heterocycles. The third-order valence-electron chi connectivity index (χ3n) is 3.86. The third-order valence-corrected chi connectivity index (χ3v) is 3.86. The number of carbonyl (C=O) groups is 1. The largest absolute Gasteiger partial charge is 0.367 e. The van der Waals surface area contributed by atoms with Crippen molar-refractivity contribution in [2.24, 2.45) is 0 Å². The van der Waals surface area contributed by atoms with Gasteiger partial charge in [0.2, 0.25) is 0 Å². The molecule has 1 fully saturated rings. The minimum absolute atomic E-state index is 0.234. The Morgan fingerprint density at radius 2 is 1.95 bits per heavy atom. The Balaban J connectivity index is 2.11. The average Bonchev–Trinajstić information content (AvgIpc) is 2.50. The molecular formula is C16H20N2O2. The summed E-state index contributed by atoms with van der Waals surface area (Å²) in [6.07, 6.45) is 3.88. The summed E-state index contributed by atoms with van der Waals surface area (Å²) in [6.45, 7) is 0. The van der Waals surface area contributed by atoms with E-state index in [4.69, 9.17) is 4.74 Å². The number of rotatable bonds is 4. The van der Waals surface area contributed by atoms with E-state index in [9.17, 15) is 10.1 Å². The van der Waals surface area contributed by atoms with E-state index in [2.05, 4.69) is 11.4 Å². The number of ether oxygens (including phenoxy) is 1. The van der Waals surface area contributed by atoms with Crippen LogP contribution in [-0.4, -0.2) is 18.6 Å². The van der Waals surface area contributed by atoms with E-state index in [0.29, 0.717) is 0 Å². The number of nitriles is 1. The van der Waals surface area contributed by atoms with Crippen LogP contribution in [-0.2, 0) is 9.53 Å². The Kier molecular flexibility index (Phi) is 4.75. The van der Waals surface area contributed by atoms with Crippen LogP contribution < -0.4 is 5.32 Å². The van der Waals surface area contributed by atoms with Crippen LogP contribution in [0.4, 0.5) is 0 Å². The lowest BCUT2D eigenvalue weighted by Crippen LogP contribution is -2.50. The first-order valence-electron chi connectivity index (χ1n) is 7.02. The summed E-state index contributed by atoms with van der Waals surface area (Å²) in [5.41, 5.74) is 0.0809. The number of carbonyl (C=O) groups excluding carboxylic acids is 1. The van der Waals surface area contributed by atoms with E-state index in [-0.39, 0.29) is 5.91 Å². The molecule has 4 heteroatoms. The maximum atomic E-state index is 12.4. The molecule has 106 valence electrons. The Morgan fingerprint density at radius 1 is 1.30 bits per heavy atom. The second kappa shape index (κ2) is 6.53. The fourth-order valence-corrected chi connectivity index (χ4v) is 2.74. The van der Waals surface area contributed by atoms with E-state index in [1.165, 1.54) is 7.11 Å². The minimum atomic E-state index is -0.721. The lowest BCUT2D eigenvalue weighted by molar-refractivity contribution is -0.133. The highest BCUT2D eigenvalue weighted by Gasteiger charge is 2.35. The first kappa shape index (κ1) is 14.5. The Hall–Kier alpha value is -1.86. The lowest BCUT2D eigenvalue weighted by atomic mass is 9.82. The van der Waals surface area contributed by atoms with E-state index in [1.807, 2.05) is 30.3 Å². The molecular weight excluding hydrogens is 252 g/mol. The molecule has 0 radical (unpaired) electrons. The van der Waals surface area contributed by atoms with Gasteiger partial charge in [-0.15, -0.1) is 0 Å². The molecule has 20 heavy (non-hydrogen) atoms. The first-order chi connectivity index (χ1) is 9.71. The number of methoxy groups -OCH3 is 1. The van der Waals surface area contributed by atoms with Gasteiger partial charge in [0.05, 0.1) is 6.07 Å². The Morgan fingerprint density at radius 3 is 2.50 bits per heavy atom. The molecule has 1 aliphatic carbocycles. The van der Waals surface area contributed by atoms with Crippen molar-refractivity contribution in [3.8, 4) is 6.07 Å². The lowest BCUT2D eigenvalue weighted by Gasteiger charge is -2.32. The fraction of sp³-hybridized carbons (Fsp3) is 0.500. The summed E-state index contributed by atoms with van der Waals surface area (Å²) in [5, 5.41) is 12.3. The molecule has 1 unspecified atom stereocenters. The average molecular weight is 272 g/mol. The van der Waals surface area contributed by atoms with Crippen LogP contribution >= 0.6 is 0 Å². The normalized spacial score (nSPS) is 18.8. The smallest absolute Gasteiger partial charge is 0.254 e. The Bertz CT molecular complexity index is 487. The number of hydrogen-bond acceptors (Lipinski definition) is 3.